The molecule has 1 nitrogen and oxygen atoms in total. The summed E-state index contributed by atoms with van der Waals surface area (Å²) in [6.45, 7) is 9.66. The molecular formula is C20H32BF4N. The van der Waals surface area contributed by atoms with Gasteiger partial charge in [0.05, 0.1) is 12.6 Å². The van der Waals surface area contributed by atoms with Gasteiger partial charge in [-0.15, -0.1) is 0 Å². The van der Waals surface area contributed by atoms with Crippen molar-refractivity contribution in [3.8, 4) is 0 Å². The third kappa shape index (κ3) is 4.44. The predicted molar refractivity (Wildman–Crippen MR) is 100.0 cm³/mol. The second-order valence-corrected chi connectivity index (χ2v) is 8.72. The molecule has 1 saturated carbocycles. The van der Waals surface area contributed by atoms with Crippen molar-refractivity contribution >= 4 is 7.25 Å². The highest BCUT2D eigenvalue weighted by Crippen LogP contribution is 2.52. The Hall–Kier alpha value is -1.04. The Labute approximate surface area is 155 Å². The van der Waals surface area contributed by atoms with E-state index in [0.717, 1.165) is 5.92 Å². The number of quaternary nitrogens is 1. The van der Waals surface area contributed by atoms with Crippen LogP contribution in [0.5, 0.6) is 0 Å². The molecule has 0 saturated heterocycles. The average Bonchev–Trinajstić information content (AvgIpc) is 2.52. The number of benzene rings is 1. The monoisotopic (exact) mass is 373 g/mol. The molecule has 1 aromatic rings. The SMILES string of the molecule is C[NH2+][C@]1(C)CCC[C@]2(C)c3ccc(C(C)C)cc3CC[C@@H]12.F[B-](F)(F)F. The molecule has 148 valence electrons. The smallest absolute Gasteiger partial charge is 0.418 e. The minimum absolute atomic E-state index is 0.391. The first-order chi connectivity index (χ1) is 11.9. The molecule has 1 fully saturated rings. The summed E-state index contributed by atoms with van der Waals surface area (Å²) < 4.78 is 39.0. The summed E-state index contributed by atoms with van der Waals surface area (Å²) in [4.78, 5) is 0. The summed E-state index contributed by atoms with van der Waals surface area (Å²) in [6.07, 6.45) is 6.77. The van der Waals surface area contributed by atoms with Crippen LogP contribution in [-0.4, -0.2) is 19.8 Å². The quantitative estimate of drug-likeness (QED) is 0.551. The molecule has 0 amide bonds. The highest BCUT2D eigenvalue weighted by atomic mass is 19.5. The molecule has 0 bridgehead atoms. The van der Waals surface area contributed by atoms with Gasteiger partial charge in [-0.2, -0.15) is 0 Å². The van der Waals surface area contributed by atoms with Crippen molar-refractivity contribution in [1.82, 2.24) is 0 Å². The number of hydrogen-bond donors (Lipinski definition) is 1. The van der Waals surface area contributed by atoms with Gasteiger partial charge in [-0.3, -0.25) is 0 Å². The maximum Gasteiger partial charge on any atom is 0.673 e. The highest BCUT2D eigenvalue weighted by molar-refractivity contribution is 6.50. The first-order valence-electron chi connectivity index (χ1n) is 9.72. The number of aryl methyl sites for hydroxylation is 1. The third-order valence-corrected chi connectivity index (χ3v) is 6.75. The zero-order valence-electron chi connectivity index (χ0n) is 16.6. The van der Waals surface area contributed by atoms with Gasteiger partial charge in [0.1, 0.15) is 0 Å². The molecule has 0 heterocycles. The van der Waals surface area contributed by atoms with Crippen molar-refractivity contribution in [3.05, 3.63) is 34.9 Å². The van der Waals surface area contributed by atoms with E-state index in [1.165, 1.54) is 37.7 Å². The summed E-state index contributed by atoms with van der Waals surface area (Å²) in [5, 5.41) is 2.50. The van der Waals surface area contributed by atoms with E-state index >= 15 is 0 Å². The van der Waals surface area contributed by atoms with E-state index in [0.29, 0.717) is 16.9 Å². The van der Waals surface area contributed by atoms with Crippen LogP contribution in [0.2, 0.25) is 0 Å². The standard InChI is InChI=1S/C20H31N.BF4/c1-14(2)15-7-9-17-16(13-15)8-10-18-19(17,3)11-6-12-20(18,4)21-5;2-1(3,4)5/h7,9,13-14,18,21H,6,8,10-12H2,1-5H3;/q;-1/p+1/t18-,19-,20-;/m1./s1. The second kappa shape index (κ2) is 7.53. The van der Waals surface area contributed by atoms with E-state index < -0.39 is 7.25 Å². The van der Waals surface area contributed by atoms with Gasteiger partial charge in [-0.25, -0.2) is 0 Å². The Morgan fingerprint density at radius 2 is 1.73 bits per heavy atom. The molecule has 6 heteroatoms. The Kier molecular flexibility index (Phi) is 6.16. The topological polar surface area (TPSA) is 16.6 Å². The third-order valence-electron chi connectivity index (χ3n) is 6.75. The van der Waals surface area contributed by atoms with Gasteiger partial charge in [0.25, 0.3) is 0 Å². The Morgan fingerprint density at radius 3 is 2.27 bits per heavy atom. The number of hydrogen-bond acceptors (Lipinski definition) is 0. The van der Waals surface area contributed by atoms with Crippen molar-refractivity contribution in [2.75, 3.05) is 7.05 Å². The van der Waals surface area contributed by atoms with E-state index in [9.17, 15) is 17.3 Å². The van der Waals surface area contributed by atoms with Crippen LogP contribution in [0.25, 0.3) is 0 Å². The van der Waals surface area contributed by atoms with Gasteiger partial charge in [0.2, 0.25) is 0 Å². The molecule has 0 radical (unpaired) electrons. The van der Waals surface area contributed by atoms with Gasteiger partial charge in [-0.1, -0.05) is 39.0 Å². The summed E-state index contributed by atoms with van der Waals surface area (Å²) in [5.41, 5.74) is 5.64. The van der Waals surface area contributed by atoms with Crippen LogP contribution in [0.4, 0.5) is 17.3 Å². The Balaban J connectivity index is 0.000000431. The zero-order valence-corrected chi connectivity index (χ0v) is 16.6. The molecular weight excluding hydrogens is 341 g/mol. The van der Waals surface area contributed by atoms with Gasteiger partial charge >= 0.3 is 7.25 Å². The maximum atomic E-state index is 9.75. The van der Waals surface area contributed by atoms with Crippen molar-refractivity contribution in [2.24, 2.45) is 5.92 Å². The molecule has 1 aromatic carbocycles. The molecule has 3 atom stereocenters. The number of rotatable bonds is 2. The summed E-state index contributed by atoms with van der Waals surface area (Å²) >= 11 is 0. The lowest BCUT2D eigenvalue weighted by Gasteiger charge is -2.53. The zero-order chi connectivity index (χ0) is 19.8. The van der Waals surface area contributed by atoms with Crippen LogP contribution in [0.1, 0.15) is 76.0 Å². The summed E-state index contributed by atoms with van der Waals surface area (Å²) in [6, 6.07) is 7.36. The van der Waals surface area contributed by atoms with Crippen LogP contribution >= 0.6 is 0 Å². The van der Waals surface area contributed by atoms with Gasteiger partial charge in [0.15, 0.2) is 0 Å². The maximum absolute atomic E-state index is 9.75. The molecule has 2 aliphatic carbocycles. The molecule has 0 spiro atoms. The van der Waals surface area contributed by atoms with Crippen LogP contribution in [0, 0.1) is 5.92 Å². The van der Waals surface area contributed by atoms with E-state index in [4.69, 9.17) is 0 Å². The molecule has 0 unspecified atom stereocenters. The van der Waals surface area contributed by atoms with E-state index in [-0.39, 0.29) is 0 Å². The first kappa shape index (κ1) is 21.3. The minimum atomic E-state index is -6.00. The second-order valence-electron chi connectivity index (χ2n) is 8.72. The lowest BCUT2D eigenvalue weighted by molar-refractivity contribution is -0.713. The lowest BCUT2D eigenvalue weighted by atomic mass is 9.52. The van der Waals surface area contributed by atoms with Gasteiger partial charge < -0.3 is 22.6 Å². The molecule has 2 aliphatic rings. The van der Waals surface area contributed by atoms with Crippen LogP contribution in [0.15, 0.2) is 18.2 Å². The lowest BCUT2D eigenvalue weighted by Crippen LogP contribution is -2.96. The number of fused-ring (bicyclic) bond motifs is 3. The van der Waals surface area contributed by atoms with Crippen molar-refractivity contribution in [2.45, 2.75) is 76.7 Å². The predicted octanol–water partition coefficient (Wildman–Crippen LogP) is 5.07. The van der Waals surface area contributed by atoms with Crippen molar-refractivity contribution in [1.29, 1.82) is 0 Å². The number of nitrogens with two attached hydrogens (primary N) is 1. The van der Waals surface area contributed by atoms with E-state index in [2.05, 4.69) is 58.3 Å². The summed E-state index contributed by atoms with van der Waals surface area (Å²) in [7, 11) is -3.72. The van der Waals surface area contributed by atoms with E-state index in [1.54, 1.807) is 11.1 Å². The van der Waals surface area contributed by atoms with Gasteiger partial charge in [-0.05, 0) is 55.2 Å². The fraction of sp³-hybridized carbons (Fsp3) is 0.700. The van der Waals surface area contributed by atoms with Crippen LogP contribution in [0.3, 0.4) is 0 Å². The van der Waals surface area contributed by atoms with Crippen molar-refractivity contribution < 1.29 is 22.6 Å². The largest absolute Gasteiger partial charge is 0.673 e. The average molecular weight is 373 g/mol. The minimum Gasteiger partial charge on any atom is -0.418 e. The van der Waals surface area contributed by atoms with Gasteiger partial charge in [0, 0.05) is 17.8 Å². The first-order valence-corrected chi connectivity index (χ1v) is 9.72. The molecule has 0 aromatic heterocycles. The molecule has 26 heavy (non-hydrogen) atoms. The molecule has 0 aliphatic heterocycles. The normalized spacial score (nSPS) is 30.9. The number of halogens is 4. The van der Waals surface area contributed by atoms with E-state index in [1.807, 2.05) is 0 Å². The highest BCUT2D eigenvalue weighted by Gasteiger charge is 2.53. The molecule has 3 rings (SSSR count). The summed E-state index contributed by atoms with van der Waals surface area (Å²) in [5.74, 6) is 1.46. The fourth-order valence-corrected chi connectivity index (χ4v) is 5.27. The van der Waals surface area contributed by atoms with Crippen LogP contribution in [-0.2, 0) is 11.8 Å². The Bertz CT molecular complexity index is 625. The Morgan fingerprint density at radius 1 is 1.12 bits per heavy atom. The van der Waals surface area contributed by atoms with Crippen LogP contribution < -0.4 is 5.32 Å². The fourth-order valence-electron chi connectivity index (χ4n) is 5.27. The van der Waals surface area contributed by atoms with Crippen molar-refractivity contribution in [3.63, 3.8) is 0 Å². The molecule has 2 N–H and O–H groups in total.